The summed E-state index contributed by atoms with van der Waals surface area (Å²) in [6.45, 7) is 1.08. The molecule has 1 aromatic rings. The first-order valence-corrected chi connectivity index (χ1v) is 8.27. The number of hydrogen-bond donors (Lipinski definition) is 2. The van der Waals surface area contributed by atoms with Crippen molar-refractivity contribution in [3.05, 3.63) is 34.9 Å². The van der Waals surface area contributed by atoms with Gasteiger partial charge in [0.25, 0.3) is 0 Å². The molecule has 1 atom stereocenters. The maximum atomic E-state index is 12.2. The van der Waals surface area contributed by atoms with Gasteiger partial charge in [-0.1, -0.05) is 29.8 Å². The molecule has 7 heteroatoms. The van der Waals surface area contributed by atoms with Crippen LogP contribution in [0.2, 0.25) is 5.02 Å². The number of carboxylic acid groups (broad SMARTS) is 1. The molecule has 0 aromatic heterocycles. The van der Waals surface area contributed by atoms with E-state index >= 15 is 0 Å². The summed E-state index contributed by atoms with van der Waals surface area (Å²) >= 11 is 6.07. The van der Waals surface area contributed by atoms with Crippen LogP contribution < -0.4 is 5.32 Å². The number of halogens is 1. The molecule has 1 saturated heterocycles. The number of benzene rings is 1. The van der Waals surface area contributed by atoms with E-state index in [0.717, 1.165) is 5.56 Å². The van der Waals surface area contributed by atoms with Crippen LogP contribution >= 0.6 is 11.6 Å². The zero-order chi connectivity index (χ0) is 17.5. The van der Waals surface area contributed by atoms with Gasteiger partial charge in [-0.05, 0) is 30.9 Å². The van der Waals surface area contributed by atoms with Crippen molar-refractivity contribution in [1.82, 2.24) is 10.2 Å². The molecule has 1 unspecified atom stereocenters. The maximum absolute atomic E-state index is 12.2. The Kier molecular flexibility index (Phi) is 6.44. The predicted molar refractivity (Wildman–Crippen MR) is 89.6 cm³/mol. The lowest BCUT2D eigenvalue weighted by Gasteiger charge is -2.29. The second-order valence-corrected chi connectivity index (χ2v) is 6.31. The first-order chi connectivity index (χ1) is 11.5. The third-order valence-electron chi connectivity index (χ3n) is 4.24. The second-order valence-electron chi connectivity index (χ2n) is 5.91. The van der Waals surface area contributed by atoms with E-state index in [1.165, 1.54) is 0 Å². The monoisotopic (exact) mass is 349 g/mol. The zero-order valence-electron chi connectivity index (χ0n) is 13.2. The number of nitrogens with one attached hydrogen (secondary N) is 1. The first-order valence-electron chi connectivity index (χ1n) is 7.90. The molecule has 128 valence electrons. The highest BCUT2D eigenvalue weighted by molar-refractivity contribution is 6.31. The van der Waals surface area contributed by atoms with E-state index in [1.807, 2.05) is 0 Å². The molecule has 0 bridgehead atoms. The van der Waals surface area contributed by atoms with Crippen LogP contribution in [0.4, 0.5) is 4.79 Å². The molecule has 0 radical (unpaired) electrons. The standard InChI is InChI=1S/C17H20ClN3O3/c18-15-4-2-1-3-13(15)9-14(16(22)23)11-20-17(24)21-7-5-12(10-19)6-8-21/h1-4,12,14H,5-9,11H2,(H,20,24)(H,22,23). The average molecular weight is 350 g/mol. The van der Waals surface area contributed by atoms with Gasteiger partial charge < -0.3 is 15.3 Å². The van der Waals surface area contributed by atoms with Crippen molar-refractivity contribution in [3.63, 3.8) is 0 Å². The smallest absolute Gasteiger partial charge is 0.317 e. The molecule has 1 heterocycles. The average Bonchev–Trinajstić information content (AvgIpc) is 2.59. The summed E-state index contributed by atoms with van der Waals surface area (Å²) in [5.41, 5.74) is 0.746. The third kappa shape index (κ3) is 4.87. The van der Waals surface area contributed by atoms with Crippen LogP contribution in [0.15, 0.2) is 24.3 Å². The highest BCUT2D eigenvalue weighted by atomic mass is 35.5. The molecule has 1 aliphatic rings. The number of carboxylic acids is 1. The minimum atomic E-state index is -0.974. The van der Waals surface area contributed by atoms with Gasteiger partial charge in [-0.15, -0.1) is 0 Å². The fraction of sp³-hybridized carbons (Fsp3) is 0.471. The number of urea groups is 1. The molecule has 2 amide bonds. The number of aliphatic carboxylic acids is 1. The minimum Gasteiger partial charge on any atom is -0.481 e. The largest absolute Gasteiger partial charge is 0.481 e. The molecule has 24 heavy (non-hydrogen) atoms. The Morgan fingerprint density at radius 3 is 2.62 bits per heavy atom. The number of carbonyl (C=O) groups is 2. The summed E-state index contributed by atoms with van der Waals surface area (Å²) < 4.78 is 0. The fourth-order valence-corrected chi connectivity index (χ4v) is 2.92. The van der Waals surface area contributed by atoms with Crippen molar-refractivity contribution in [1.29, 1.82) is 5.26 Å². The third-order valence-corrected chi connectivity index (χ3v) is 4.61. The van der Waals surface area contributed by atoms with E-state index in [4.69, 9.17) is 16.9 Å². The fourth-order valence-electron chi connectivity index (χ4n) is 2.71. The van der Waals surface area contributed by atoms with Gasteiger partial charge in [0.2, 0.25) is 0 Å². The minimum absolute atomic E-state index is 0.000963. The van der Waals surface area contributed by atoms with E-state index in [0.29, 0.717) is 31.0 Å². The molecule has 1 aromatic carbocycles. The van der Waals surface area contributed by atoms with E-state index < -0.39 is 11.9 Å². The van der Waals surface area contributed by atoms with Crippen molar-refractivity contribution < 1.29 is 14.7 Å². The quantitative estimate of drug-likeness (QED) is 0.854. The summed E-state index contributed by atoms with van der Waals surface area (Å²) in [6.07, 6.45) is 1.57. The Bertz CT molecular complexity index is 636. The summed E-state index contributed by atoms with van der Waals surface area (Å²) in [6, 6.07) is 9.02. The number of rotatable bonds is 5. The van der Waals surface area contributed by atoms with Gasteiger partial charge in [-0.2, -0.15) is 5.26 Å². The van der Waals surface area contributed by atoms with Crippen LogP contribution in [-0.2, 0) is 11.2 Å². The van der Waals surface area contributed by atoms with E-state index in [-0.39, 0.29) is 24.9 Å². The molecule has 1 aliphatic heterocycles. The summed E-state index contributed by atoms with van der Waals surface area (Å²) in [7, 11) is 0. The number of likely N-dealkylation sites (tertiary alicyclic amines) is 1. The molecular weight excluding hydrogens is 330 g/mol. The highest BCUT2D eigenvalue weighted by Gasteiger charge is 2.25. The van der Waals surface area contributed by atoms with E-state index in [2.05, 4.69) is 11.4 Å². The van der Waals surface area contributed by atoms with Gasteiger partial charge in [-0.3, -0.25) is 4.79 Å². The molecule has 2 N–H and O–H groups in total. The van der Waals surface area contributed by atoms with Crippen molar-refractivity contribution in [2.45, 2.75) is 19.3 Å². The number of piperidine rings is 1. The summed E-state index contributed by atoms with van der Waals surface area (Å²) in [5, 5.41) is 21.5. The van der Waals surface area contributed by atoms with Crippen LogP contribution in [0.5, 0.6) is 0 Å². The number of amides is 2. The lowest BCUT2D eigenvalue weighted by atomic mass is 9.98. The first kappa shape index (κ1) is 18.1. The van der Waals surface area contributed by atoms with Gasteiger partial charge in [0, 0.05) is 30.6 Å². The normalized spacial score (nSPS) is 16.2. The van der Waals surface area contributed by atoms with Crippen molar-refractivity contribution >= 4 is 23.6 Å². The van der Waals surface area contributed by atoms with Gasteiger partial charge in [0.1, 0.15) is 0 Å². The molecule has 1 fully saturated rings. The lowest BCUT2D eigenvalue weighted by Crippen LogP contribution is -2.46. The van der Waals surface area contributed by atoms with E-state index in [1.54, 1.807) is 29.2 Å². The number of nitrogens with zero attached hydrogens (tertiary/aromatic N) is 2. The van der Waals surface area contributed by atoms with Crippen molar-refractivity contribution in [2.75, 3.05) is 19.6 Å². The molecule has 0 spiro atoms. The molecule has 2 rings (SSSR count). The van der Waals surface area contributed by atoms with Crippen molar-refractivity contribution in [2.24, 2.45) is 11.8 Å². The van der Waals surface area contributed by atoms with Crippen molar-refractivity contribution in [3.8, 4) is 6.07 Å². The predicted octanol–water partition coefficient (Wildman–Crippen LogP) is 2.53. The Morgan fingerprint density at radius 1 is 1.38 bits per heavy atom. The van der Waals surface area contributed by atoms with E-state index in [9.17, 15) is 14.7 Å². The Morgan fingerprint density at radius 2 is 2.04 bits per heavy atom. The van der Waals surface area contributed by atoms with Crippen LogP contribution in [0.3, 0.4) is 0 Å². The molecular formula is C17H20ClN3O3. The number of carbonyl (C=O) groups excluding carboxylic acids is 1. The van der Waals surface area contributed by atoms with Gasteiger partial charge >= 0.3 is 12.0 Å². The summed E-state index contributed by atoms with van der Waals surface area (Å²) in [5.74, 6) is -1.72. The second kappa shape index (κ2) is 8.55. The molecule has 0 saturated carbocycles. The topological polar surface area (TPSA) is 93.4 Å². The molecule has 0 aliphatic carbocycles. The number of nitriles is 1. The maximum Gasteiger partial charge on any atom is 0.317 e. The zero-order valence-corrected chi connectivity index (χ0v) is 14.0. The Hall–Kier alpha value is -2.26. The van der Waals surface area contributed by atoms with Gasteiger partial charge in [0.05, 0.1) is 12.0 Å². The molecule has 6 nitrogen and oxygen atoms in total. The van der Waals surface area contributed by atoms with Gasteiger partial charge in [-0.25, -0.2) is 4.79 Å². The Labute approximate surface area is 146 Å². The van der Waals surface area contributed by atoms with Crippen LogP contribution in [0.1, 0.15) is 18.4 Å². The highest BCUT2D eigenvalue weighted by Crippen LogP contribution is 2.19. The SMILES string of the molecule is N#CC1CCN(C(=O)NCC(Cc2ccccc2Cl)C(=O)O)CC1. The van der Waals surface area contributed by atoms with Crippen LogP contribution in [0.25, 0.3) is 0 Å². The van der Waals surface area contributed by atoms with Gasteiger partial charge in [0.15, 0.2) is 0 Å². The lowest BCUT2D eigenvalue weighted by molar-refractivity contribution is -0.141. The van der Waals surface area contributed by atoms with Crippen LogP contribution in [0, 0.1) is 23.2 Å². The summed E-state index contributed by atoms with van der Waals surface area (Å²) in [4.78, 5) is 25.2. The van der Waals surface area contributed by atoms with Crippen LogP contribution in [-0.4, -0.2) is 41.6 Å². The Balaban J connectivity index is 1.88. The number of hydrogen-bond acceptors (Lipinski definition) is 3.